The molecule has 1 unspecified atom stereocenters. The molecule has 7 nitrogen and oxygen atoms in total. The summed E-state index contributed by atoms with van der Waals surface area (Å²) in [6, 6.07) is 5.89. The lowest BCUT2D eigenvalue weighted by atomic mass is 9.85. The van der Waals surface area contributed by atoms with E-state index in [0.717, 1.165) is 11.6 Å². The van der Waals surface area contributed by atoms with E-state index in [9.17, 15) is 24.2 Å². The first kappa shape index (κ1) is 17.8. The van der Waals surface area contributed by atoms with Crippen molar-refractivity contribution in [1.82, 2.24) is 9.55 Å². The molecule has 2 aromatic heterocycles. The second kappa shape index (κ2) is 5.87. The summed E-state index contributed by atoms with van der Waals surface area (Å²) < 4.78 is 20.4. The summed E-state index contributed by atoms with van der Waals surface area (Å²) in [5.41, 5.74) is 0.874. The number of fused-ring (bicyclic) bond motifs is 5. The molecule has 0 fully saturated rings. The Labute approximate surface area is 164 Å². The number of pyridine rings is 2. The Kier molecular flexibility index (Phi) is 3.61. The minimum absolute atomic E-state index is 0.194. The number of aromatic hydroxyl groups is 1. The molecule has 0 saturated carbocycles. The van der Waals surface area contributed by atoms with Crippen molar-refractivity contribution in [2.75, 3.05) is 0 Å². The Morgan fingerprint density at radius 1 is 1.28 bits per heavy atom. The molecule has 1 atom stereocenters. The van der Waals surface area contributed by atoms with Crippen LogP contribution in [0.15, 0.2) is 29.1 Å². The normalized spacial score (nSPS) is 20.0. The maximum Gasteiger partial charge on any atom is 0.309 e. The molecule has 0 amide bonds. The number of phenolic OH excluding ortho intramolecular Hbond substituents is 1. The van der Waals surface area contributed by atoms with Gasteiger partial charge in [-0.15, -0.1) is 0 Å². The topological polar surface area (TPSA) is 102 Å². The Balaban J connectivity index is 1.78. The molecule has 4 heterocycles. The molecule has 8 heteroatoms. The molecule has 0 spiro atoms. The molecule has 5 rings (SSSR count). The average Bonchev–Trinajstić information content (AvgIpc) is 2.97. The fraction of sp³-hybridized carbons (Fsp3) is 0.286. The predicted molar refractivity (Wildman–Crippen MR) is 101 cm³/mol. The third-order valence-corrected chi connectivity index (χ3v) is 5.83. The highest BCUT2D eigenvalue weighted by Gasteiger charge is 2.39. The number of carbonyl (C=O) groups excluding carboxylic acids is 1. The molecular formula is C21H17FN2O5. The SMILES string of the molecule is CCC1(O)CC(=O)OCc2c1cc1n(c2=O)Cc2cc3cc(O)c(F)cc3nc2-1. The zero-order valence-electron chi connectivity index (χ0n) is 15.5. The lowest BCUT2D eigenvalue weighted by molar-refractivity contribution is -0.149. The van der Waals surface area contributed by atoms with Crippen LogP contribution in [-0.4, -0.2) is 25.7 Å². The van der Waals surface area contributed by atoms with Crippen molar-refractivity contribution >= 4 is 16.9 Å². The summed E-state index contributed by atoms with van der Waals surface area (Å²) >= 11 is 0. The summed E-state index contributed by atoms with van der Waals surface area (Å²) in [4.78, 5) is 29.6. The molecule has 0 aliphatic carbocycles. The summed E-state index contributed by atoms with van der Waals surface area (Å²) in [6.45, 7) is 1.79. The maximum atomic E-state index is 13.8. The van der Waals surface area contributed by atoms with Gasteiger partial charge in [0.05, 0.1) is 35.4 Å². The molecule has 29 heavy (non-hydrogen) atoms. The van der Waals surface area contributed by atoms with E-state index in [1.807, 2.05) is 0 Å². The van der Waals surface area contributed by atoms with Crippen molar-refractivity contribution in [2.24, 2.45) is 0 Å². The Bertz CT molecular complexity index is 1280. The number of rotatable bonds is 1. The van der Waals surface area contributed by atoms with Gasteiger partial charge in [-0.25, -0.2) is 9.37 Å². The highest BCUT2D eigenvalue weighted by molar-refractivity contribution is 5.85. The van der Waals surface area contributed by atoms with Crippen LogP contribution >= 0.6 is 0 Å². The van der Waals surface area contributed by atoms with Crippen molar-refractivity contribution in [3.8, 4) is 17.1 Å². The molecule has 2 aliphatic rings. The van der Waals surface area contributed by atoms with Gasteiger partial charge in [-0.2, -0.15) is 0 Å². The molecule has 2 aliphatic heterocycles. The first-order valence-electron chi connectivity index (χ1n) is 9.28. The van der Waals surface area contributed by atoms with Crippen LogP contribution in [0, 0.1) is 5.82 Å². The van der Waals surface area contributed by atoms with Gasteiger partial charge in [0.25, 0.3) is 5.56 Å². The van der Waals surface area contributed by atoms with Crippen molar-refractivity contribution in [3.63, 3.8) is 0 Å². The maximum absolute atomic E-state index is 13.8. The number of hydrogen-bond donors (Lipinski definition) is 2. The van der Waals surface area contributed by atoms with Crippen molar-refractivity contribution in [3.05, 3.63) is 57.1 Å². The summed E-state index contributed by atoms with van der Waals surface area (Å²) in [7, 11) is 0. The van der Waals surface area contributed by atoms with Crippen LogP contribution < -0.4 is 5.56 Å². The smallest absolute Gasteiger partial charge is 0.309 e. The molecule has 148 valence electrons. The first-order valence-corrected chi connectivity index (χ1v) is 9.28. The van der Waals surface area contributed by atoms with Gasteiger partial charge < -0.3 is 19.5 Å². The van der Waals surface area contributed by atoms with Crippen molar-refractivity contribution in [2.45, 2.75) is 38.5 Å². The fourth-order valence-electron chi connectivity index (χ4n) is 4.19. The number of aromatic nitrogens is 2. The number of nitrogens with zero attached hydrogens (tertiary/aromatic N) is 2. The fourth-order valence-corrected chi connectivity index (χ4v) is 4.19. The van der Waals surface area contributed by atoms with E-state index in [1.165, 1.54) is 10.6 Å². The zero-order chi connectivity index (χ0) is 20.5. The number of hydrogen-bond acceptors (Lipinski definition) is 6. The Morgan fingerprint density at radius 3 is 2.83 bits per heavy atom. The highest BCUT2D eigenvalue weighted by Crippen LogP contribution is 2.39. The number of ether oxygens (including phenoxy) is 1. The van der Waals surface area contributed by atoms with Gasteiger partial charge in [-0.1, -0.05) is 6.92 Å². The van der Waals surface area contributed by atoms with Crippen molar-refractivity contribution in [1.29, 1.82) is 0 Å². The second-order valence-corrected chi connectivity index (χ2v) is 7.53. The predicted octanol–water partition coefficient (Wildman–Crippen LogP) is 2.31. The highest BCUT2D eigenvalue weighted by atomic mass is 19.1. The van der Waals surface area contributed by atoms with Crippen molar-refractivity contribution < 1.29 is 24.1 Å². The minimum Gasteiger partial charge on any atom is -0.505 e. The number of carbonyl (C=O) groups is 1. The summed E-state index contributed by atoms with van der Waals surface area (Å²) in [5, 5.41) is 21.3. The van der Waals surface area contributed by atoms with Crippen LogP contribution in [0.4, 0.5) is 4.39 Å². The molecular weight excluding hydrogens is 379 g/mol. The Morgan fingerprint density at radius 2 is 2.07 bits per heavy atom. The van der Waals surface area contributed by atoms with Gasteiger partial charge >= 0.3 is 5.97 Å². The number of cyclic esters (lactones) is 1. The lowest BCUT2D eigenvalue weighted by Crippen LogP contribution is -2.32. The van der Waals surface area contributed by atoms with Gasteiger partial charge in [0.2, 0.25) is 0 Å². The largest absolute Gasteiger partial charge is 0.505 e. The number of benzene rings is 1. The minimum atomic E-state index is -1.50. The molecule has 0 radical (unpaired) electrons. The van der Waals surface area contributed by atoms with Gasteiger partial charge in [-0.05, 0) is 30.2 Å². The van der Waals surface area contributed by atoms with E-state index in [-0.39, 0.29) is 37.1 Å². The molecule has 0 bridgehead atoms. The van der Waals surface area contributed by atoms with Gasteiger partial charge in [-0.3, -0.25) is 9.59 Å². The summed E-state index contributed by atoms with van der Waals surface area (Å²) in [6.07, 6.45) is 0.00236. The van der Waals surface area contributed by atoms with E-state index >= 15 is 0 Å². The van der Waals surface area contributed by atoms with Crippen LogP contribution in [0.1, 0.15) is 36.5 Å². The number of esters is 1. The standard InChI is InChI=1S/C21H17FN2O5/c1-2-21(28)7-18(26)29-9-12-13(21)5-16-19-11(8-24(16)20(12)27)3-10-4-17(25)14(22)6-15(10)23-19/h3-6,25,28H,2,7-9H2,1H3. The number of aliphatic hydroxyl groups is 1. The molecule has 0 saturated heterocycles. The Hall–Kier alpha value is -3.26. The summed E-state index contributed by atoms with van der Waals surface area (Å²) in [5.74, 6) is -1.80. The van der Waals surface area contributed by atoms with Crippen LogP contribution in [0.5, 0.6) is 5.75 Å². The van der Waals surface area contributed by atoms with E-state index in [2.05, 4.69) is 4.98 Å². The van der Waals surface area contributed by atoms with E-state index < -0.39 is 23.1 Å². The molecule has 3 aromatic rings. The third kappa shape index (κ3) is 2.49. The van der Waals surface area contributed by atoms with E-state index in [0.29, 0.717) is 27.9 Å². The van der Waals surface area contributed by atoms with Crippen LogP contribution in [0.2, 0.25) is 0 Å². The van der Waals surface area contributed by atoms with E-state index in [1.54, 1.807) is 19.1 Å². The molecule has 2 N–H and O–H groups in total. The molecule has 1 aromatic carbocycles. The van der Waals surface area contributed by atoms with Gasteiger partial charge in [0, 0.05) is 17.0 Å². The quantitative estimate of drug-likeness (QED) is 0.479. The van der Waals surface area contributed by atoms with E-state index in [4.69, 9.17) is 4.74 Å². The van der Waals surface area contributed by atoms with Crippen LogP contribution in [0.25, 0.3) is 22.3 Å². The lowest BCUT2D eigenvalue weighted by Gasteiger charge is -2.26. The van der Waals surface area contributed by atoms with Gasteiger partial charge in [0.1, 0.15) is 12.2 Å². The zero-order valence-corrected chi connectivity index (χ0v) is 15.5. The van der Waals surface area contributed by atoms with Crippen LogP contribution in [-0.2, 0) is 28.3 Å². The monoisotopic (exact) mass is 396 g/mol. The average molecular weight is 396 g/mol. The number of phenols is 1. The van der Waals surface area contributed by atoms with Gasteiger partial charge in [0.15, 0.2) is 11.6 Å². The van der Waals surface area contributed by atoms with Crippen LogP contribution in [0.3, 0.4) is 0 Å². The number of halogens is 1. The first-order chi connectivity index (χ1) is 13.8. The third-order valence-electron chi connectivity index (χ3n) is 5.83. The second-order valence-electron chi connectivity index (χ2n) is 7.53.